The van der Waals surface area contributed by atoms with Crippen LogP contribution in [-0.2, 0) is 9.53 Å². The van der Waals surface area contributed by atoms with Gasteiger partial charge in [0, 0.05) is 28.5 Å². The molecule has 35 heavy (non-hydrogen) atoms. The number of methoxy groups -OCH3 is 1. The molecule has 0 aliphatic carbocycles. The topological polar surface area (TPSA) is 77.5 Å². The van der Waals surface area contributed by atoms with Gasteiger partial charge in [0.15, 0.2) is 0 Å². The Morgan fingerprint density at radius 2 is 1.91 bits per heavy atom. The number of amides is 1. The molecule has 2 aromatic carbocycles. The summed E-state index contributed by atoms with van der Waals surface area (Å²) in [4.78, 5) is 30.2. The number of nitrogens with one attached hydrogen (secondary N) is 1. The van der Waals surface area contributed by atoms with E-state index in [1.165, 1.54) is 23.1 Å². The van der Waals surface area contributed by atoms with Crippen molar-refractivity contribution in [1.29, 1.82) is 0 Å². The molecule has 180 valence electrons. The number of esters is 1. The first-order valence-corrected chi connectivity index (χ1v) is 13.1. The molecule has 0 fully saturated rings. The summed E-state index contributed by atoms with van der Waals surface area (Å²) in [5, 5.41) is 7.17. The van der Waals surface area contributed by atoms with Crippen molar-refractivity contribution in [2.24, 2.45) is 0 Å². The molecule has 6 nitrogen and oxygen atoms in total. The number of carbonyl (C=O) groups is 2. The second-order valence-electron chi connectivity index (χ2n) is 7.72. The van der Waals surface area contributed by atoms with Crippen LogP contribution in [0.5, 0.6) is 5.75 Å². The highest BCUT2D eigenvalue weighted by Crippen LogP contribution is 2.36. The summed E-state index contributed by atoms with van der Waals surface area (Å²) in [5.74, 6) is 0.663. The first-order valence-electron chi connectivity index (χ1n) is 11.2. The van der Waals surface area contributed by atoms with Crippen molar-refractivity contribution in [3.05, 3.63) is 71.1 Å². The van der Waals surface area contributed by atoms with Crippen LogP contribution in [-0.4, -0.2) is 36.3 Å². The predicted octanol–water partition coefficient (Wildman–Crippen LogP) is 6.58. The molecule has 8 heteroatoms. The van der Waals surface area contributed by atoms with Gasteiger partial charge in [0.1, 0.15) is 21.8 Å². The van der Waals surface area contributed by atoms with E-state index in [-0.39, 0.29) is 18.9 Å². The summed E-state index contributed by atoms with van der Waals surface area (Å²) in [6, 6.07) is 17.5. The Hall–Kier alpha value is -3.36. The monoisotopic (exact) mass is 506 g/mol. The maximum absolute atomic E-state index is 12.8. The lowest BCUT2D eigenvalue weighted by molar-refractivity contribution is -0.115. The number of pyridine rings is 1. The van der Waals surface area contributed by atoms with Gasteiger partial charge in [-0.25, -0.2) is 9.78 Å². The van der Waals surface area contributed by atoms with E-state index in [0.717, 1.165) is 38.4 Å². The van der Waals surface area contributed by atoms with E-state index in [9.17, 15) is 9.59 Å². The highest BCUT2D eigenvalue weighted by molar-refractivity contribution is 7.99. The summed E-state index contributed by atoms with van der Waals surface area (Å²) >= 11 is 2.84. The van der Waals surface area contributed by atoms with E-state index in [4.69, 9.17) is 14.5 Å². The average Bonchev–Trinajstić information content (AvgIpc) is 3.28. The maximum Gasteiger partial charge on any atom is 0.341 e. The minimum absolute atomic E-state index is 0.167. The molecule has 0 aliphatic rings. The molecule has 0 aliphatic heterocycles. The highest BCUT2D eigenvalue weighted by atomic mass is 32.2. The molecule has 1 amide bonds. The van der Waals surface area contributed by atoms with Crippen LogP contribution in [0.2, 0.25) is 0 Å². The molecular weight excluding hydrogens is 480 g/mol. The Morgan fingerprint density at radius 1 is 1.11 bits per heavy atom. The van der Waals surface area contributed by atoms with Gasteiger partial charge < -0.3 is 14.8 Å². The summed E-state index contributed by atoms with van der Waals surface area (Å²) in [6.45, 7) is 4.06. The molecule has 4 aromatic rings. The number of hydrogen-bond donors (Lipinski definition) is 1. The fourth-order valence-corrected chi connectivity index (χ4v) is 5.61. The number of aryl methyl sites for hydroxylation is 1. The fraction of sp³-hybridized carbons (Fsp3) is 0.222. The van der Waals surface area contributed by atoms with Crippen molar-refractivity contribution < 1.29 is 19.1 Å². The normalized spacial score (nSPS) is 10.8. The Bertz CT molecular complexity index is 1350. The molecule has 2 heterocycles. The summed E-state index contributed by atoms with van der Waals surface area (Å²) in [6.07, 6.45) is 0.274. The zero-order valence-electron chi connectivity index (χ0n) is 19.8. The summed E-state index contributed by atoms with van der Waals surface area (Å²) in [7, 11) is 1.63. The van der Waals surface area contributed by atoms with Crippen molar-refractivity contribution >= 4 is 50.9 Å². The fourth-order valence-electron chi connectivity index (χ4n) is 3.72. The van der Waals surface area contributed by atoms with Crippen LogP contribution in [0.15, 0.2) is 65.0 Å². The Kier molecular flexibility index (Phi) is 8.05. The Labute approximate surface area is 212 Å². The van der Waals surface area contributed by atoms with E-state index in [0.29, 0.717) is 16.3 Å². The van der Waals surface area contributed by atoms with E-state index in [1.54, 1.807) is 14.0 Å². The molecule has 0 bridgehead atoms. The number of para-hydroxylation sites is 1. The standard InChI is InChI=1S/C27H26N2O4S2/c1-4-33-27(31)24-20(18-9-6-5-7-10-18)16-35-26(24)28-22(30)13-14-34-23-15-17(2)19-11-8-12-21(32-3)25(19)29-23/h5-12,15-16H,4,13-14H2,1-3H3,(H,28,30). The third-order valence-corrected chi connectivity index (χ3v) is 7.20. The van der Waals surface area contributed by atoms with Crippen LogP contribution in [0.3, 0.4) is 0 Å². The van der Waals surface area contributed by atoms with Gasteiger partial charge >= 0.3 is 5.97 Å². The SMILES string of the molecule is CCOC(=O)c1c(-c2ccccc2)csc1NC(=O)CCSc1cc(C)c2cccc(OC)c2n1. The number of thioether (sulfide) groups is 1. The number of anilines is 1. The van der Waals surface area contributed by atoms with Crippen LogP contribution >= 0.6 is 23.1 Å². The Balaban J connectivity index is 1.46. The lowest BCUT2D eigenvalue weighted by Crippen LogP contribution is -2.15. The van der Waals surface area contributed by atoms with Gasteiger partial charge in [-0.05, 0) is 37.1 Å². The zero-order valence-corrected chi connectivity index (χ0v) is 21.4. The van der Waals surface area contributed by atoms with Gasteiger partial charge in [0.25, 0.3) is 0 Å². The Morgan fingerprint density at radius 3 is 2.66 bits per heavy atom. The molecule has 0 saturated heterocycles. The molecule has 2 aromatic heterocycles. The van der Waals surface area contributed by atoms with Crippen molar-refractivity contribution in [1.82, 2.24) is 4.98 Å². The molecule has 0 radical (unpaired) electrons. The minimum atomic E-state index is -0.443. The first kappa shape index (κ1) is 24.8. The van der Waals surface area contributed by atoms with Crippen LogP contribution in [0.25, 0.3) is 22.0 Å². The number of carbonyl (C=O) groups excluding carboxylic acids is 2. The van der Waals surface area contributed by atoms with Gasteiger partial charge in [-0.1, -0.05) is 42.5 Å². The smallest absolute Gasteiger partial charge is 0.341 e. The number of nitrogens with zero attached hydrogens (tertiary/aromatic N) is 1. The molecular formula is C27H26N2O4S2. The van der Waals surface area contributed by atoms with Crippen molar-refractivity contribution in [3.8, 4) is 16.9 Å². The second-order valence-corrected chi connectivity index (χ2v) is 9.72. The lowest BCUT2D eigenvalue weighted by Gasteiger charge is -2.10. The van der Waals surface area contributed by atoms with Crippen LogP contribution < -0.4 is 10.1 Å². The number of aromatic nitrogens is 1. The van der Waals surface area contributed by atoms with Crippen molar-refractivity contribution in [2.75, 3.05) is 24.8 Å². The van der Waals surface area contributed by atoms with E-state index in [2.05, 4.69) is 5.32 Å². The minimum Gasteiger partial charge on any atom is -0.494 e. The molecule has 0 spiro atoms. The number of fused-ring (bicyclic) bond motifs is 1. The average molecular weight is 507 g/mol. The number of rotatable bonds is 9. The number of thiophene rings is 1. The largest absolute Gasteiger partial charge is 0.494 e. The van der Waals surface area contributed by atoms with Crippen molar-refractivity contribution in [2.45, 2.75) is 25.3 Å². The van der Waals surface area contributed by atoms with Gasteiger partial charge in [0.05, 0.1) is 18.7 Å². The molecule has 4 rings (SSSR count). The molecule has 1 N–H and O–H groups in total. The van der Waals surface area contributed by atoms with Gasteiger partial charge in [-0.3, -0.25) is 4.79 Å². The third-order valence-electron chi connectivity index (χ3n) is 5.39. The van der Waals surface area contributed by atoms with Crippen LogP contribution in [0, 0.1) is 6.92 Å². The second kappa shape index (κ2) is 11.4. The van der Waals surface area contributed by atoms with Crippen LogP contribution in [0.1, 0.15) is 29.3 Å². The van der Waals surface area contributed by atoms with E-state index in [1.807, 2.05) is 66.9 Å². The highest BCUT2D eigenvalue weighted by Gasteiger charge is 2.22. The molecule has 0 atom stereocenters. The molecule has 0 unspecified atom stereocenters. The first-order chi connectivity index (χ1) is 17.0. The summed E-state index contributed by atoms with van der Waals surface area (Å²) < 4.78 is 10.7. The van der Waals surface area contributed by atoms with Crippen molar-refractivity contribution in [3.63, 3.8) is 0 Å². The quantitative estimate of drug-likeness (QED) is 0.204. The van der Waals surface area contributed by atoms with Gasteiger partial charge in [-0.2, -0.15) is 0 Å². The van der Waals surface area contributed by atoms with E-state index >= 15 is 0 Å². The maximum atomic E-state index is 12.8. The van der Waals surface area contributed by atoms with Gasteiger partial charge in [0.2, 0.25) is 5.91 Å². The number of benzene rings is 2. The number of hydrogen-bond acceptors (Lipinski definition) is 7. The lowest BCUT2D eigenvalue weighted by atomic mass is 10.0. The zero-order chi connectivity index (χ0) is 24.8. The van der Waals surface area contributed by atoms with Gasteiger partial charge in [-0.15, -0.1) is 23.1 Å². The number of ether oxygens (including phenoxy) is 2. The molecule has 0 saturated carbocycles. The third kappa shape index (κ3) is 5.66. The predicted molar refractivity (Wildman–Crippen MR) is 143 cm³/mol. The van der Waals surface area contributed by atoms with Crippen LogP contribution in [0.4, 0.5) is 5.00 Å². The van der Waals surface area contributed by atoms with E-state index < -0.39 is 5.97 Å². The summed E-state index contributed by atoms with van der Waals surface area (Å²) in [5.41, 5.74) is 3.96.